The third-order valence-electron chi connectivity index (χ3n) is 1.96. The quantitative estimate of drug-likeness (QED) is 0.507. The van der Waals surface area contributed by atoms with E-state index < -0.39 is 11.9 Å². The van der Waals surface area contributed by atoms with Crippen LogP contribution in [0.15, 0.2) is 0 Å². The predicted octanol–water partition coefficient (Wildman–Crippen LogP) is 1.01. The summed E-state index contributed by atoms with van der Waals surface area (Å²) < 4.78 is 14.8. The van der Waals surface area contributed by atoms with E-state index in [9.17, 15) is 9.59 Å². The topological polar surface area (TPSA) is 61.8 Å². The maximum absolute atomic E-state index is 11.1. The van der Waals surface area contributed by atoms with Gasteiger partial charge in [0.05, 0.1) is 19.6 Å². The van der Waals surface area contributed by atoms with Gasteiger partial charge in [0.15, 0.2) is 6.29 Å². The van der Waals surface area contributed by atoms with E-state index in [1.54, 1.807) is 0 Å². The first-order valence-electron chi connectivity index (χ1n) is 5.19. The number of esters is 2. The molecule has 0 atom stereocenters. The first-order chi connectivity index (χ1) is 7.22. The zero-order valence-electron chi connectivity index (χ0n) is 8.86. The van der Waals surface area contributed by atoms with Gasteiger partial charge in [0.2, 0.25) is 0 Å². The van der Waals surface area contributed by atoms with E-state index in [4.69, 9.17) is 9.47 Å². The Kier molecular flexibility index (Phi) is 5.28. The van der Waals surface area contributed by atoms with Gasteiger partial charge in [-0.05, 0) is 6.42 Å². The summed E-state index contributed by atoms with van der Waals surface area (Å²) >= 11 is 0. The van der Waals surface area contributed by atoms with Crippen LogP contribution in [0, 0.1) is 0 Å². The van der Waals surface area contributed by atoms with Crippen LogP contribution < -0.4 is 0 Å². The zero-order valence-corrected chi connectivity index (χ0v) is 8.86. The molecule has 1 aliphatic heterocycles. The Bertz CT molecular complexity index is 220. The van der Waals surface area contributed by atoms with Crippen LogP contribution in [-0.2, 0) is 23.8 Å². The Morgan fingerprint density at radius 3 is 2.40 bits per heavy atom. The van der Waals surface area contributed by atoms with Gasteiger partial charge in [0, 0.05) is 12.8 Å². The molecule has 1 fully saturated rings. The average molecular weight is 216 g/mol. The van der Waals surface area contributed by atoms with Crippen molar-refractivity contribution < 1.29 is 23.8 Å². The van der Waals surface area contributed by atoms with E-state index in [-0.39, 0.29) is 19.1 Å². The first-order valence-corrected chi connectivity index (χ1v) is 5.19. The molecule has 0 aromatic rings. The normalized spacial score (nSPS) is 16.6. The smallest absolute Gasteiger partial charge is 0.313 e. The lowest BCUT2D eigenvalue weighted by atomic mass is 10.3. The molecule has 15 heavy (non-hydrogen) atoms. The molecule has 0 saturated carbocycles. The Morgan fingerprint density at radius 2 is 1.80 bits per heavy atom. The van der Waals surface area contributed by atoms with Crippen molar-refractivity contribution in [2.75, 3.05) is 13.2 Å². The minimum Gasteiger partial charge on any atom is -0.393 e. The summed E-state index contributed by atoms with van der Waals surface area (Å²) in [5, 5.41) is 0. The molecule has 5 nitrogen and oxygen atoms in total. The highest BCUT2D eigenvalue weighted by Crippen LogP contribution is 2.10. The molecule has 1 aliphatic rings. The molecular weight excluding hydrogens is 200 g/mol. The van der Waals surface area contributed by atoms with Crippen molar-refractivity contribution in [2.45, 2.75) is 38.9 Å². The number of hydrogen-bond acceptors (Lipinski definition) is 5. The minimum atomic E-state index is -0.507. The SMILES string of the molecule is CCCC(=O)OC(=O)CCC1OCCO1. The molecule has 0 unspecified atom stereocenters. The molecule has 5 heteroatoms. The van der Waals surface area contributed by atoms with Gasteiger partial charge in [-0.25, -0.2) is 0 Å². The van der Waals surface area contributed by atoms with E-state index >= 15 is 0 Å². The van der Waals surface area contributed by atoms with Gasteiger partial charge in [0.1, 0.15) is 0 Å². The highest BCUT2D eigenvalue weighted by Gasteiger charge is 2.18. The summed E-state index contributed by atoms with van der Waals surface area (Å²) in [5.41, 5.74) is 0. The maximum atomic E-state index is 11.1. The Balaban J connectivity index is 2.09. The zero-order chi connectivity index (χ0) is 11.1. The lowest BCUT2D eigenvalue weighted by Crippen LogP contribution is -2.15. The van der Waals surface area contributed by atoms with Crippen molar-refractivity contribution in [1.82, 2.24) is 0 Å². The molecular formula is C10H16O5. The molecule has 0 bridgehead atoms. The molecule has 86 valence electrons. The second-order valence-corrected chi connectivity index (χ2v) is 3.31. The second-order valence-electron chi connectivity index (χ2n) is 3.31. The third kappa shape index (κ3) is 4.90. The van der Waals surface area contributed by atoms with E-state index in [1.165, 1.54) is 0 Å². The number of carbonyl (C=O) groups excluding carboxylic acids is 2. The molecule has 0 radical (unpaired) electrons. The van der Waals surface area contributed by atoms with E-state index in [2.05, 4.69) is 4.74 Å². The summed E-state index contributed by atoms with van der Waals surface area (Å²) in [5.74, 6) is -0.969. The Hall–Kier alpha value is -0.940. The first kappa shape index (κ1) is 12.1. The minimum absolute atomic E-state index is 0.153. The molecule has 0 aliphatic carbocycles. The Labute approximate surface area is 88.7 Å². The molecule has 0 amide bonds. The number of carbonyl (C=O) groups is 2. The monoisotopic (exact) mass is 216 g/mol. The van der Waals surface area contributed by atoms with Gasteiger partial charge in [0.25, 0.3) is 0 Å². The predicted molar refractivity (Wildman–Crippen MR) is 50.9 cm³/mol. The lowest BCUT2D eigenvalue weighted by molar-refractivity contribution is -0.160. The standard InChI is InChI=1S/C10H16O5/c1-2-3-8(11)15-9(12)4-5-10-13-6-7-14-10/h10H,2-7H2,1H3. The maximum Gasteiger partial charge on any atom is 0.313 e. The highest BCUT2D eigenvalue weighted by atomic mass is 16.7. The largest absolute Gasteiger partial charge is 0.393 e. The summed E-state index contributed by atoms with van der Waals surface area (Å²) in [6.45, 7) is 2.98. The number of rotatable bonds is 5. The summed E-state index contributed by atoms with van der Waals surface area (Å²) in [6, 6.07) is 0. The van der Waals surface area contributed by atoms with Crippen molar-refractivity contribution in [3.63, 3.8) is 0 Å². The summed E-state index contributed by atoms with van der Waals surface area (Å²) in [4.78, 5) is 22.1. The second kappa shape index (κ2) is 6.53. The highest BCUT2D eigenvalue weighted by molar-refractivity contribution is 5.85. The van der Waals surface area contributed by atoms with Gasteiger partial charge >= 0.3 is 11.9 Å². The van der Waals surface area contributed by atoms with E-state index in [0.717, 1.165) is 0 Å². The van der Waals surface area contributed by atoms with Crippen molar-refractivity contribution in [3.05, 3.63) is 0 Å². The van der Waals surface area contributed by atoms with Crippen LogP contribution in [-0.4, -0.2) is 31.4 Å². The van der Waals surface area contributed by atoms with Gasteiger partial charge in [-0.15, -0.1) is 0 Å². The van der Waals surface area contributed by atoms with Gasteiger partial charge < -0.3 is 14.2 Å². The van der Waals surface area contributed by atoms with Crippen LogP contribution in [0.2, 0.25) is 0 Å². The van der Waals surface area contributed by atoms with Crippen molar-refractivity contribution in [2.24, 2.45) is 0 Å². The molecule has 1 heterocycles. The number of ether oxygens (including phenoxy) is 3. The third-order valence-corrected chi connectivity index (χ3v) is 1.96. The van der Waals surface area contributed by atoms with Gasteiger partial charge in [-0.3, -0.25) is 9.59 Å². The van der Waals surface area contributed by atoms with E-state index in [0.29, 0.717) is 26.1 Å². The van der Waals surface area contributed by atoms with Crippen molar-refractivity contribution in [1.29, 1.82) is 0 Å². The van der Waals surface area contributed by atoms with Crippen LogP contribution in [0.5, 0.6) is 0 Å². The summed E-state index contributed by atoms with van der Waals surface area (Å²) in [7, 11) is 0. The fourth-order valence-electron chi connectivity index (χ4n) is 1.24. The fraction of sp³-hybridized carbons (Fsp3) is 0.800. The van der Waals surface area contributed by atoms with Crippen molar-refractivity contribution >= 4 is 11.9 Å². The fourth-order valence-corrected chi connectivity index (χ4v) is 1.24. The molecule has 1 rings (SSSR count). The Morgan fingerprint density at radius 1 is 1.20 bits per heavy atom. The van der Waals surface area contributed by atoms with Crippen LogP contribution in [0.25, 0.3) is 0 Å². The lowest BCUT2D eigenvalue weighted by Gasteiger charge is -2.07. The van der Waals surface area contributed by atoms with Crippen LogP contribution in [0.1, 0.15) is 32.6 Å². The molecule has 1 saturated heterocycles. The van der Waals surface area contributed by atoms with Gasteiger partial charge in [-0.2, -0.15) is 0 Å². The molecule has 0 aromatic carbocycles. The van der Waals surface area contributed by atoms with Crippen LogP contribution in [0.3, 0.4) is 0 Å². The van der Waals surface area contributed by atoms with E-state index in [1.807, 2.05) is 6.92 Å². The number of hydrogen-bond donors (Lipinski definition) is 0. The summed E-state index contributed by atoms with van der Waals surface area (Å²) in [6.07, 6.45) is 1.24. The van der Waals surface area contributed by atoms with Gasteiger partial charge in [-0.1, -0.05) is 6.92 Å². The van der Waals surface area contributed by atoms with Crippen LogP contribution >= 0.6 is 0 Å². The molecule has 0 N–H and O–H groups in total. The molecule has 0 aromatic heterocycles. The van der Waals surface area contributed by atoms with Crippen molar-refractivity contribution in [3.8, 4) is 0 Å². The molecule has 0 spiro atoms. The van der Waals surface area contributed by atoms with Crippen LogP contribution in [0.4, 0.5) is 0 Å². The average Bonchev–Trinajstić information content (AvgIpc) is 2.67.